The van der Waals surface area contributed by atoms with E-state index in [9.17, 15) is 0 Å². The Bertz CT molecular complexity index is 4770. The Labute approximate surface area is 466 Å². The number of hydrogen-bond acceptors (Lipinski definition) is 0. The fourth-order valence-corrected chi connectivity index (χ4v) is 12.1. The van der Waals surface area contributed by atoms with E-state index < -0.39 is 0 Å². The zero-order valence-electron chi connectivity index (χ0n) is 43.9. The summed E-state index contributed by atoms with van der Waals surface area (Å²) in [5.41, 5.74) is 26.3. The van der Waals surface area contributed by atoms with Crippen LogP contribution in [0.15, 0.2) is 315 Å². The van der Waals surface area contributed by atoms with E-state index in [2.05, 4.69) is 325 Å². The summed E-state index contributed by atoms with van der Waals surface area (Å²) in [6.07, 6.45) is 0. The summed E-state index contributed by atoms with van der Waals surface area (Å²) in [6.45, 7) is 0. The van der Waals surface area contributed by atoms with Crippen molar-refractivity contribution in [2.45, 2.75) is 0 Å². The molecular formula is C78H52N2. The molecule has 2 aromatic heterocycles. The van der Waals surface area contributed by atoms with Crippen LogP contribution in [-0.4, -0.2) is 9.13 Å². The van der Waals surface area contributed by atoms with Gasteiger partial charge >= 0.3 is 0 Å². The van der Waals surface area contributed by atoms with Gasteiger partial charge in [-0.05, 0) is 168 Å². The first-order valence-corrected chi connectivity index (χ1v) is 27.5. The number of nitrogens with zero attached hydrogens (tertiary/aromatic N) is 2. The van der Waals surface area contributed by atoms with Crippen LogP contribution in [0.2, 0.25) is 0 Å². The summed E-state index contributed by atoms with van der Waals surface area (Å²) >= 11 is 0. The Hall–Kier alpha value is -10.5. The van der Waals surface area contributed by atoms with Gasteiger partial charge in [0, 0.05) is 32.9 Å². The molecule has 0 amide bonds. The average Bonchev–Trinajstić information content (AvgIpc) is 4.13. The molecule has 374 valence electrons. The first kappa shape index (κ1) is 46.7. The molecule has 13 aromatic carbocycles. The van der Waals surface area contributed by atoms with E-state index in [0.29, 0.717) is 0 Å². The van der Waals surface area contributed by atoms with Crippen molar-refractivity contribution in [3.63, 3.8) is 0 Å². The Morgan fingerprint density at radius 2 is 0.400 bits per heavy atom. The van der Waals surface area contributed by atoms with Crippen LogP contribution < -0.4 is 0 Å². The highest BCUT2D eigenvalue weighted by Gasteiger charge is 2.17. The van der Waals surface area contributed by atoms with Gasteiger partial charge in [0.05, 0.1) is 22.1 Å². The molecule has 2 heterocycles. The molecular weight excluding hydrogens is 965 g/mol. The van der Waals surface area contributed by atoms with Crippen molar-refractivity contribution >= 4 is 43.6 Å². The first-order chi connectivity index (χ1) is 39.6. The van der Waals surface area contributed by atoms with Crippen molar-refractivity contribution in [3.8, 4) is 100 Å². The number of benzene rings is 13. The summed E-state index contributed by atoms with van der Waals surface area (Å²) in [4.78, 5) is 0. The summed E-state index contributed by atoms with van der Waals surface area (Å²) in [5.74, 6) is 0. The van der Waals surface area contributed by atoms with Gasteiger partial charge in [0.25, 0.3) is 0 Å². The molecule has 0 saturated carbocycles. The SMILES string of the molecule is c1ccc(-c2cccc(-c3ccc(-c4cccc(-c5cccc(-c6ccc(-c7ccc(-n8c9ccccc9c9cc(-c%10ccc%11c(c%10)c%10ccccc%10n%11-c%10cccc(-c%11ccccc%11)c%10)ccc98)cc7)cc6)c5)c4)cc3)c2)cc1. The quantitative estimate of drug-likeness (QED) is 0.129. The molecule has 0 aliphatic heterocycles. The highest BCUT2D eigenvalue weighted by atomic mass is 15.0. The van der Waals surface area contributed by atoms with E-state index in [0.717, 1.165) is 11.4 Å². The number of rotatable bonds is 10. The van der Waals surface area contributed by atoms with E-state index >= 15 is 0 Å². The van der Waals surface area contributed by atoms with Gasteiger partial charge in [-0.25, -0.2) is 0 Å². The third-order valence-electron chi connectivity index (χ3n) is 16.1. The number of para-hydroxylation sites is 2. The second-order valence-corrected chi connectivity index (χ2v) is 20.9. The third-order valence-corrected chi connectivity index (χ3v) is 16.1. The molecule has 0 spiro atoms. The van der Waals surface area contributed by atoms with Crippen LogP contribution in [0.1, 0.15) is 0 Å². The zero-order chi connectivity index (χ0) is 52.9. The lowest BCUT2D eigenvalue weighted by Gasteiger charge is -2.11. The van der Waals surface area contributed by atoms with Gasteiger partial charge in [-0.2, -0.15) is 0 Å². The molecule has 2 heteroatoms. The fraction of sp³-hybridized carbons (Fsp3) is 0. The van der Waals surface area contributed by atoms with Crippen LogP contribution in [-0.2, 0) is 0 Å². The van der Waals surface area contributed by atoms with Crippen LogP contribution in [0.5, 0.6) is 0 Å². The largest absolute Gasteiger partial charge is 0.309 e. The highest BCUT2D eigenvalue weighted by Crippen LogP contribution is 2.40. The molecule has 80 heavy (non-hydrogen) atoms. The van der Waals surface area contributed by atoms with E-state index in [1.54, 1.807) is 0 Å². The molecule has 15 aromatic rings. The minimum absolute atomic E-state index is 1.14. The van der Waals surface area contributed by atoms with Gasteiger partial charge in [-0.3, -0.25) is 0 Å². The van der Waals surface area contributed by atoms with Crippen molar-refractivity contribution < 1.29 is 0 Å². The van der Waals surface area contributed by atoms with Crippen LogP contribution >= 0.6 is 0 Å². The van der Waals surface area contributed by atoms with Gasteiger partial charge in [0.15, 0.2) is 0 Å². The van der Waals surface area contributed by atoms with Gasteiger partial charge in [0.2, 0.25) is 0 Å². The van der Waals surface area contributed by atoms with Crippen molar-refractivity contribution in [1.29, 1.82) is 0 Å². The topological polar surface area (TPSA) is 9.86 Å². The van der Waals surface area contributed by atoms with Gasteiger partial charge in [-0.15, -0.1) is 0 Å². The molecule has 0 bridgehead atoms. The molecule has 0 saturated heterocycles. The van der Waals surface area contributed by atoms with Gasteiger partial charge in [0.1, 0.15) is 0 Å². The molecule has 2 nitrogen and oxygen atoms in total. The first-order valence-electron chi connectivity index (χ1n) is 27.5. The lowest BCUT2D eigenvalue weighted by Crippen LogP contribution is -1.94. The molecule has 0 fully saturated rings. The van der Waals surface area contributed by atoms with Gasteiger partial charge in [-0.1, -0.05) is 237 Å². The Morgan fingerprint density at radius 3 is 0.825 bits per heavy atom. The molecule has 0 aliphatic rings. The van der Waals surface area contributed by atoms with Crippen LogP contribution in [0.3, 0.4) is 0 Å². The molecule has 0 atom stereocenters. The summed E-state index contributed by atoms with van der Waals surface area (Å²) in [5, 5.41) is 4.97. The second kappa shape index (κ2) is 19.8. The number of aromatic nitrogens is 2. The Kier molecular flexibility index (Phi) is 11.6. The average molecular weight is 1020 g/mol. The predicted octanol–water partition coefficient (Wildman–Crippen LogP) is 21.2. The molecule has 0 radical (unpaired) electrons. The Balaban J connectivity index is 0.681. The molecule has 15 rings (SSSR count). The smallest absolute Gasteiger partial charge is 0.0541 e. The van der Waals surface area contributed by atoms with Crippen LogP contribution in [0, 0.1) is 0 Å². The number of hydrogen-bond donors (Lipinski definition) is 0. The van der Waals surface area contributed by atoms with Crippen molar-refractivity contribution in [1.82, 2.24) is 9.13 Å². The highest BCUT2D eigenvalue weighted by molar-refractivity contribution is 6.13. The fourth-order valence-electron chi connectivity index (χ4n) is 12.1. The van der Waals surface area contributed by atoms with Crippen LogP contribution in [0.4, 0.5) is 0 Å². The van der Waals surface area contributed by atoms with E-state index in [-0.39, 0.29) is 0 Å². The maximum atomic E-state index is 2.41. The Morgan fingerprint density at radius 1 is 0.138 bits per heavy atom. The summed E-state index contributed by atoms with van der Waals surface area (Å²) in [7, 11) is 0. The minimum Gasteiger partial charge on any atom is -0.309 e. The standard InChI is InChI=1S/C78H52N2/c1-3-15-53(16-4-1)60-19-11-20-61(47-60)58-35-37-59(38-36-58)63-22-13-24-65(49-63)64-23-12-21-62(48-64)57-33-31-55(32-34-57)56-39-43-69(44-40-56)79-75-29-9-7-27-71(75)73-51-67(41-45-77(73)79)68-42-46-78-74(52-68)72-28-8-10-30-76(72)80(78)70-26-14-25-66(50-70)54-17-5-2-6-18-54/h1-52H. The molecule has 0 N–H and O–H groups in total. The number of fused-ring (bicyclic) bond motifs is 6. The maximum Gasteiger partial charge on any atom is 0.0541 e. The monoisotopic (exact) mass is 1020 g/mol. The van der Waals surface area contributed by atoms with Crippen LogP contribution in [0.25, 0.3) is 144 Å². The van der Waals surface area contributed by atoms with Gasteiger partial charge < -0.3 is 9.13 Å². The maximum absolute atomic E-state index is 2.41. The third kappa shape index (κ3) is 8.48. The second-order valence-electron chi connectivity index (χ2n) is 20.9. The minimum atomic E-state index is 1.14. The van der Waals surface area contributed by atoms with E-state index in [1.165, 1.54) is 133 Å². The van der Waals surface area contributed by atoms with Crippen molar-refractivity contribution in [2.24, 2.45) is 0 Å². The van der Waals surface area contributed by atoms with E-state index in [4.69, 9.17) is 0 Å². The lowest BCUT2D eigenvalue weighted by molar-refractivity contribution is 1.18. The van der Waals surface area contributed by atoms with Crippen molar-refractivity contribution in [2.75, 3.05) is 0 Å². The van der Waals surface area contributed by atoms with E-state index in [1.807, 2.05) is 0 Å². The molecule has 0 aliphatic carbocycles. The summed E-state index contributed by atoms with van der Waals surface area (Å²) in [6, 6.07) is 115. The lowest BCUT2D eigenvalue weighted by atomic mass is 9.94. The summed E-state index contributed by atoms with van der Waals surface area (Å²) < 4.78 is 4.82. The molecule has 0 unspecified atom stereocenters. The predicted molar refractivity (Wildman–Crippen MR) is 339 cm³/mol. The normalized spacial score (nSPS) is 11.5. The zero-order valence-corrected chi connectivity index (χ0v) is 43.9. The van der Waals surface area contributed by atoms with Crippen molar-refractivity contribution in [3.05, 3.63) is 315 Å².